The van der Waals surface area contributed by atoms with E-state index in [1.807, 2.05) is 30.3 Å². The average Bonchev–Trinajstić information content (AvgIpc) is 2.79. The minimum Gasteiger partial charge on any atom is -0.159 e. The number of benzene rings is 4. The van der Waals surface area contributed by atoms with Crippen molar-refractivity contribution < 1.29 is 0 Å². The van der Waals surface area contributed by atoms with Gasteiger partial charge in [0.2, 0.25) is 0 Å². The summed E-state index contributed by atoms with van der Waals surface area (Å²) in [7, 11) is 0. The SMILES string of the molecule is Cc1cc2ccccc2c2ccc3c(c12)CCCC3C.c1ccc2nnccc2c1. The van der Waals surface area contributed by atoms with Crippen LogP contribution in [0.15, 0.2) is 79.0 Å². The van der Waals surface area contributed by atoms with Crippen LogP contribution in [0.2, 0.25) is 0 Å². The molecule has 0 saturated carbocycles. The van der Waals surface area contributed by atoms with Gasteiger partial charge in [-0.3, -0.25) is 0 Å². The zero-order valence-corrected chi connectivity index (χ0v) is 17.6. The number of hydrogen-bond donors (Lipinski definition) is 0. The second-order valence-corrected chi connectivity index (χ2v) is 8.35. The summed E-state index contributed by atoms with van der Waals surface area (Å²) >= 11 is 0. The van der Waals surface area contributed by atoms with Crippen molar-refractivity contribution in [3.8, 4) is 0 Å². The van der Waals surface area contributed by atoms with Crippen molar-refractivity contribution in [2.75, 3.05) is 0 Å². The molecule has 1 aromatic heterocycles. The largest absolute Gasteiger partial charge is 0.159 e. The van der Waals surface area contributed by atoms with Gasteiger partial charge in [0.1, 0.15) is 0 Å². The van der Waals surface area contributed by atoms with Crippen LogP contribution in [0.5, 0.6) is 0 Å². The molecule has 5 aromatic rings. The minimum absolute atomic E-state index is 0.717. The van der Waals surface area contributed by atoms with Gasteiger partial charge in [0.15, 0.2) is 0 Å². The van der Waals surface area contributed by atoms with Crippen LogP contribution in [0.1, 0.15) is 42.4 Å². The van der Waals surface area contributed by atoms with Crippen LogP contribution in [0.25, 0.3) is 32.4 Å². The normalized spacial score (nSPS) is 15.6. The van der Waals surface area contributed by atoms with E-state index in [-0.39, 0.29) is 0 Å². The molecular weight excluding hydrogens is 364 g/mol. The molecule has 4 aromatic carbocycles. The summed E-state index contributed by atoms with van der Waals surface area (Å²) in [6.07, 6.45) is 5.61. The standard InChI is InChI=1S/C20H20.C8H6N2/c1-13-6-5-9-18-16(13)10-11-19-17-8-4-3-7-15(17)12-14(2)20(18)19;1-2-4-8-7(3-1)5-6-9-10-8/h3-4,7-8,10-13H,5-6,9H2,1-2H3;1-6H. The third-order valence-electron chi connectivity index (χ3n) is 6.38. The van der Waals surface area contributed by atoms with Crippen molar-refractivity contribution in [2.24, 2.45) is 0 Å². The second-order valence-electron chi connectivity index (χ2n) is 8.35. The fraction of sp³-hybridized carbons (Fsp3) is 0.214. The van der Waals surface area contributed by atoms with E-state index in [0.29, 0.717) is 5.92 Å². The van der Waals surface area contributed by atoms with Crippen LogP contribution >= 0.6 is 0 Å². The van der Waals surface area contributed by atoms with Crippen molar-refractivity contribution in [3.05, 3.63) is 95.7 Å². The van der Waals surface area contributed by atoms with Crippen molar-refractivity contribution in [1.29, 1.82) is 0 Å². The first-order valence-corrected chi connectivity index (χ1v) is 10.8. The minimum atomic E-state index is 0.717. The van der Waals surface area contributed by atoms with Crippen molar-refractivity contribution in [3.63, 3.8) is 0 Å². The first-order valence-electron chi connectivity index (χ1n) is 10.8. The van der Waals surface area contributed by atoms with Gasteiger partial charge >= 0.3 is 0 Å². The molecule has 0 saturated heterocycles. The Morgan fingerprint density at radius 1 is 0.833 bits per heavy atom. The Bertz CT molecular complexity index is 1290. The molecule has 148 valence electrons. The topological polar surface area (TPSA) is 25.8 Å². The van der Waals surface area contributed by atoms with Gasteiger partial charge in [-0.2, -0.15) is 10.2 Å². The molecule has 0 fully saturated rings. The fourth-order valence-corrected chi connectivity index (χ4v) is 4.91. The molecule has 1 unspecified atom stereocenters. The molecule has 0 spiro atoms. The molecule has 2 nitrogen and oxygen atoms in total. The molecule has 1 aliphatic rings. The molecule has 30 heavy (non-hydrogen) atoms. The summed E-state index contributed by atoms with van der Waals surface area (Å²) < 4.78 is 0. The Hall–Kier alpha value is -3.26. The lowest BCUT2D eigenvalue weighted by molar-refractivity contribution is 0.593. The van der Waals surface area contributed by atoms with E-state index >= 15 is 0 Å². The van der Waals surface area contributed by atoms with Crippen molar-refractivity contribution in [2.45, 2.75) is 39.0 Å². The van der Waals surface area contributed by atoms with Crippen molar-refractivity contribution in [1.82, 2.24) is 10.2 Å². The predicted octanol–water partition coefficient (Wildman–Crippen LogP) is 7.37. The Balaban J connectivity index is 0.000000161. The summed E-state index contributed by atoms with van der Waals surface area (Å²) in [5, 5.41) is 14.5. The first kappa shape index (κ1) is 18.7. The Morgan fingerprint density at radius 2 is 1.63 bits per heavy atom. The van der Waals surface area contributed by atoms with Gasteiger partial charge in [-0.1, -0.05) is 67.6 Å². The zero-order chi connectivity index (χ0) is 20.5. The number of aromatic nitrogens is 2. The maximum atomic E-state index is 3.93. The summed E-state index contributed by atoms with van der Waals surface area (Å²) in [5.74, 6) is 0.717. The van der Waals surface area contributed by atoms with Crippen molar-refractivity contribution >= 4 is 32.4 Å². The van der Waals surface area contributed by atoms with Crippen LogP contribution in [0, 0.1) is 6.92 Å². The lowest BCUT2D eigenvalue weighted by Gasteiger charge is -2.25. The highest BCUT2D eigenvalue weighted by Crippen LogP contribution is 2.39. The van der Waals surface area contributed by atoms with E-state index in [4.69, 9.17) is 0 Å². The molecule has 0 bridgehead atoms. The molecular formula is C28H26N2. The third-order valence-corrected chi connectivity index (χ3v) is 6.38. The highest BCUT2D eigenvalue weighted by molar-refractivity contribution is 6.10. The number of rotatable bonds is 0. The van der Waals surface area contributed by atoms with Gasteiger partial charge in [0, 0.05) is 5.39 Å². The summed E-state index contributed by atoms with van der Waals surface area (Å²) in [5.41, 5.74) is 5.58. The number of nitrogens with zero attached hydrogens (tertiary/aromatic N) is 2. The van der Waals surface area contributed by atoms with Gasteiger partial charge in [-0.05, 0) is 82.5 Å². The van der Waals surface area contributed by atoms with Crippen LogP contribution in [0.4, 0.5) is 0 Å². The second kappa shape index (κ2) is 7.87. The molecule has 2 heteroatoms. The van der Waals surface area contributed by atoms with E-state index in [1.54, 1.807) is 17.3 Å². The predicted molar refractivity (Wildman–Crippen MR) is 127 cm³/mol. The van der Waals surface area contributed by atoms with Gasteiger partial charge < -0.3 is 0 Å². The fourth-order valence-electron chi connectivity index (χ4n) is 4.91. The Morgan fingerprint density at radius 3 is 2.50 bits per heavy atom. The van der Waals surface area contributed by atoms with E-state index in [0.717, 1.165) is 10.9 Å². The summed E-state index contributed by atoms with van der Waals surface area (Å²) in [6, 6.07) is 25.7. The summed E-state index contributed by atoms with van der Waals surface area (Å²) in [4.78, 5) is 0. The highest BCUT2D eigenvalue weighted by Gasteiger charge is 2.19. The molecule has 0 radical (unpaired) electrons. The first-order chi connectivity index (χ1) is 14.7. The van der Waals surface area contributed by atoms with E-state index in [9.17, 15) is 0 Å². The average molecular weight is 391 g/mol. The molecule has 1 atom stereocenters. The Kier molecular flexibility index (Phi) is 4.92. The van der Waals surface area contributed by atoms with E-state index in [1.165, 1.54) is 46.4 Å². The smallest absolute Gasteiger partial charge is 0.0929 e. The molecule has 6 rings (SSSR count). The molecule has 0 amide bonds. The Labute approximate surface area is 177 Å². The lowest BCUT2D eigenvalue weighted by Crippen LogP contribution is -2.08. The number of aryl methyl sites for hydroxylation is 2. The van der Waals surface area contributed by atoms with E-state index < -0.39 is 0 Å². The van der Waals surface area contributed by atoms with E-state index in [2.05, 4.69) is 66.5 Å². The van der Waals surface area contributed by atoms with Gasteiger partial charge in [-0.25, -0.2) is 0 Å². The third kappa shape index (κ3) is 3.33. The lowest BCUT2D eigenvalue weighted by atomic mass is 9.80. The van der Waals surface area contributed by atoms with Gasteiger partial charge in [0.25, 0.3) is 0 Å². The molecule has 0 aliphatic heterocycles. The zero-order valence-electron chi connectivity index (χ0n) is 17.6. The molecule has 1 heterocycles. The number of fused-ring (bicyclic) bond motifs is 6. The van der Waals surface area contributed by atoms with Crippen LogP contribution in [-0.2, 0) is 6.42 Å². The van der Waals surface area contributed by atoms with Crippen LogP contribution in [-0.4, -0.2) is 10.2 Å². The molecule has 0 N–H and O–H groups in total. The number of hydrogen-bond acceptors (Lipinski definition) is 2. The van der Waals surface area contributed by atoms with Gasteiger partial charge in [0.05, 0.1) is 11.7 Å². The van der Waals surface area contributed by atoms with Crippen LogP contribution in [0.3, 0.4) is 0 Å². The van der Waals surface area contributed by atoms with Crippen LogP contribution < -0.4 is 0 Å². The maximum Gasteiger partial charge on any atom is 0.0929 e. The summed E-state index contributed by atoms with van der Waals surface area (Å²) in [6.45, 7) is 4.65. The quantitative estimate of drug-likeness (QED) is 0.258. The highest BCUT2D eigenvalue weighted by atomic mass is 15.1. The maximum absolute atomic E-state index is 3.93. The van der Waals surface area contributed by atoms with Gasteiger partial charge in [-0.15, -0.1) is 0 Å². The molecule has 1 aliphatic carbocycles. The monoisotopic (exact) mass is 390 g/mol.